The van der Waals surface area contributed by atoms with E-state index in [1.807, 2.05) is 6.20 Å². The highest BCUT2D eigenvalue weighted by Gasteiger charge is 2.40. The number of hydrogen-bond donors (Lipinski definition) is 2. The van der Waals surface area contributed by atoms with Crippen LogP contribution in [0, 0.1) is 0 Å². The SMILES string of the molecule is O=C(O)N1CCC2(C=C(c3ccc4cnn(C5CCCC5)c4c3)NO2)CC1. The number of carboxylic acid groups (broad SMARTS) is 1. The number of likely N-dealkylation sites (tertiary alicyclic amines) is 1. The molecule has 0 radical (unpaired) electrons. The molecule has 3 heterocycles. The average Bonchev–Trinajstić information content (AvgIpc) is 3.41. The molecule has 0 atom stereocenters. The standard InChI is InChI=1S/C20H24N4O3/c25-19(26)23-9-7-20(8-10-23)12-17(22-27-20)14-5-6-15-13-21-24(18(15)11-14)16-3-1-2-4-16/h5-6,11-13,16,22H,1-4,7-10H2,(H,25,26). The fraction of sp³-hybridized carbons (Fsp3) is 0.500. The number of rotatable bonds is 2. The quantitative estimate of drug-likeness (QED) is 0.848. The first-order valence-electron chi connectivity index (χ1n) is 9.76. The van der Waals surface area contributed by atoms with Crippen molar-refractivity contribution >= 4 is 22.7 Å². The van der Waals surface area contributed by atoms with Crippen LogP contribution >= 0.6 is 0 Å². The third kappa shape index (κ3) is 2.86. The van der Waals surface area contributed by atoms with Crippen LogP contribution in [0.2, 0.25) is 0 Å². The van der Waals surface area contributed by atoms with Gasteiger partial charge in [-0.1, -0.05) is 25.0 Å². The molecule has 1 saturated carbocycles. The molecule has 2 fully saturated rings. The van der Waals surface area contributed by atoms with E-state index in [0.29, 0.717) is 32.0 Å². The van der Waals surface area contributed by atoms with Gasteiger partial charge in [0.25, 0.3) is 0 Å². The maximum Gasteiger partial charge on any atom is 0.407 e. The molecule has 27 heavy (non-hydrogen) atoms. The van der Waals surface area contributed by atoms with Crippen molar-refractivity contribution in [2.75, 3.05) is 13.1 Å². The van der Waals surface area contributed by atoms with Crippen LogP contribution in [0.1, 0.15) is 50.1 Å². The number of hydroxylamine groups is 1. The molecule has 1 aliphatic carbocycles. The molecule has 7 nitrogen and oxygen atoms in total. The number of hydrogen-bond acceptors (Lipinski definition) is 4. The zero-order chi connectivity index (χ0) is 18.4. The highest BCUT2D eigenvalue weighted by atomic mass is 16.7. The van der Waals surface area contributed by atoms with Crippen molar-refractivity contribution < 1.29 is 14.7 Å². The summed E-state index contributed by atoms with van der Waals surface area (Å²) >= 11 is 0. The van der Waals surface area contributed by atoms with E-state index >= 15 is 0 Å². The number of aromatic nitrogens is 2. The number of fused-ring (bicyclic) bond motifs is 1. The summed E-state index contributed by atoms with van der Waals surface area (Å²) in [6.07, 6.45) is 9.52. The first-order valence-corrected chi connectivity index (χ1v) is 9.76. The molecule has 1 saturated heterocycles. The predicted molar refractivity (Wildman–Crippen MR) is 101 cm³/mol. The lowest BCUT2D eigenvalue weighted by Gasteiger charge is -2.35. The first kappa shape index (κ1) is 16.6. The molecule has 7 heteroatoms. The maximum absolute atomic E-state index is 11.1. The summed E-state index contributed by atoms with van der Waals surface area (Å²) in [6.45, 7) is 0.989. The second kappa shape index (κ2) is 6.27. The molecular weight excluding hydrogens is 344 g/mol. The summed E-state index contributed by atoms with van der Waals surface area (Å²) in [5.74, 6) is 0. The van der Waals surface area contributed by atoms with Crippen molar-refractivity contribution in [1.29, 1.82) is 0 Å². The van der Waals surface area contributed by atoms with Crippen molar-refractivity contribution in [3.8, 4) is 0 Å². The van der Waals surface area contributed by atoms with Gasteiger partial charge in [0, 0.05) is 36.9 Å². The van der Waals surface area contributed by atoms with Gasteiger partial charge in [-0.3, -0.25) is 15.0 Å². The topological polar surface area (TPSA) is 79.6 Å². The summed E-state index contributed by atoms with van der Waals surface area (Å²) < 4.78 is 2.18. The summed E-state index contributed by atoms with van der Waals surface area (Å²) in [5.41, 5.74) is 5.89. The Balaban J connectivity index is 1.42. The Morgan fingerprint density at radius 1 is 1.26 bits per heavy atom. The largest absolute Gasteiger partial charge is 0.465 e. The summed E-state index contributed by atoms with van der Waals surface area (Å²) in [5, 5.41) is 14.9. The van der Waals surface area contributed by atoms with E-state index < -0.39 is 11.7 Å². The molecule has 1 spiro atoms. The molecule has 1 amide bonds. The zero-order valence-corrected chi connectivity index (χ0v) is 15.2. The van der Waals surface area contributed by atoms with Gasteiger partial charge in [-0.15, -0.1) is 0 Å². The van der Waals surface area contributed by atoms with Crippen molar-refractivity contribution in [2.24, 2.45) is 0 Å². The first-order chi connectivity index (χ1) is 13.1. The van der Waals surface area contributed by atoms with Crippen LogP contribution in [-0.2, 0) is 4.84 Å². The van der Waals surface area contributed by atoms with E-state index in [1.54, 1.807) is 0 Å². The van der Waals surface area contributed by atoms with Gasteiger partial charge in [0.15, 0.2) is 0 Å². The highest BCUT2D eigenvalue weighted by molar-refractivity contribution is 5.83. The smallest absolute Gasteiger partial charge is 0.407 e. The van der Waals surface area contributed by atoms with Crippen molar-refractivity contribution in [3.05, 3.63) is 36.0 Å². The second-order valence-corrected chi connectivity index (χ2v) is 7.90. The Bertz CT molecular complexity index is 905. The molecule has 3 aliphatic rings. The summed E-state index contributed by atoms with van der Waals surface area (Å²) in [4.78, 5) is 18.5. The predicted octanol–water partition coefficient (Wildman–Crippen LogP) is 3.54. The minimum atomic E-state index is -0.856. The van der Waals surface area contributed by atoms with Crippen LogP contribution in [0.5, 0.6) is 0 Å². The highest BCUT2D eigenvalue weighted by Crippen LogP contribution is 2.36. The van der Waals surface area contributed by atoms with Crippen LogP contribution in [0.15, 0.2) is 30.5 Å². The van der Waals surface area contributed by atoms with Gasteiger partial charge in [0.2, 0.25) is 0 Å². The maximum atomic E-state index is 11.1. The molecule has 1 aromatic heterocycles. The van der Waals surface area contributed by atoms with Gasteiger partial charge in [-0.25, -0.2) is 4.79 Å². The van der Waals surface area contributed by atoms with E-state index in [-0.39, 0.29) is 0 Å². The van der Waals surface area contributed by atoms with Crippen LogP contribution in [0.3, 0.4) is 0 Å². The van der Waals surface area contributed by atoms with Gasteiger partial charge in [-0.2, -0.15) is 5.10 Å². The summed E-state index contributed by atoms with van der Waals surface area (Å²) in [6, 6.07) is 6.90. The van der Waals surface area contributed by atoms with Crippen molar-refractivity contribution in [3.63, 3.8) is 0 Å². The Kier molecular flexibility index (Phi) is 3.86. The fourth-order valence-corrected chi connectivity index (χ4v) is 4.59. The molecular formula is C20H24N4O3. The minimum absolute atomic E-state index is 0.415. The summed E-state index contributed by atoms with van der Waals surface area (Å²) in [7, 11) is 0. The average molecular weight is 368 g/mol. The van der Waals surface area contributed by atoms with Gasteiger partial charge in [0.05, 0.1) is 23.5 Å². The van der Waals surface area contributed by atoms with Crippen LogP contribution in [0.4, 0.5) is 4.79 Å². The molecule has 5 rings (SSSR count). The number of piperidine rings is 1. The lowest BCUT2D eigenvalue weighted by Crippen LogP contribution is -2.46. The minimum Gasteiger partial charge on any atom is -0.465 e. The number of nitrogens with one attached hydrogen (secondary N) is 1. The molecule has 2 aliphatic heterocycles. The monoisotopic (exact) mass is 368 g/mol. The Morgan fingerprint density at radius 3 is 2.78 bits per heavy atom. The number of carbonyl (C=O) groups is 1. The van der Waals surface area contributed by atoms with E-state index in [2.05, 4.69) is 39.5 Å². The Labute approximate surface area is 157 Å². The Morgan fingerprint density at radius 2 is 2.04 bits per heavy atom. The van der Waals surface area contributed by atoms with Gasteiger partial charge >= 0.3 is 6.09 Å². The van der Waals surface area contributed by atoms with Crippen LogP contribution < -0.4 is 5.48 Å². The van der Waals surface area contributed by atoms with Crippen LogP contribution in [-0.4, -0.2) is 44.6 Å². The molecule has 1 aromatic carbocycles. The number of nitrogens with zero attached hydrogens (tertiary/aromatic N) is 3. The van der Waals surface area contributed by atoms with Gasteiger partial charge in [0.1, 0.15) is 5.60 Å². The fourth-order valence-electron chi connectivity index (χ4n) is 4.59. The second-order valence-electron chi connectivity index (χ2n) is 7.90. The van der Waals surface area contributed by atoms with E-state index in [9.17, 15) is 4.79 Å². The molecule has 2 aromatic rings. The van der Waals surface area contributed by atoms with Crippen LogP contribution in [0.25, 0.3) is 16.6 Å². The zero-order valence-electron chi connectivity index (χ0n) is 15.2. The number of amides is 1. The van der Waals surface area contributed by atoms with E-state index in [1.165, 1.54) is 36.1 Å². The van der Waals surface area contributed by atoms with Crippen molar-refractivity contribution in [1.82, 2.24) is 20.2 Å². The van der Waals surface area contributed by atoms with E-state index in [0.717, 1.165) is 16.6 Å². The third-order valence-corrected chi connectivity index (χ3v) is 6.23. The molecule has 2 N–H and O–H groups in total. The third-order valence-electron chi connectivity index (χ3n) is 6.23. The van der Waals surface area contributed by atoms with Gasteiger partial charge < -0.3 is 10.0 Å². The molecule has 0 bridgehead atoms. The van der Waals surface area contributed by atoms with E-state index in [4.69, 9.17) is 9.94 Å². The van der Waals surface area contributed by atoms with Crippen molar-refractivity contribution in [2.45, 2.75) is 50.2 Å². The molecule has 142 valence electrons. The lowest BCUT2D eigenvalue weighted by atomic mass is 9.90. The lowest BCUT2D eigenvalue weighted by molar-refractivity contribution is -0.0659. The Hall–Kier alpha value is -2.54. The number of benzene rings is 1. The van der Waals surface area contributed by atoms with Gasteiger partial charge in [-0.05, 0) is 25.0 Å². The normalized spacial score (nSPS) is 22.4. The molecule has 0 unspecified atom stereocenters.